The summed E-state index contributed by atoms with van der Waals surface area (Å²) in [4.78, 5) is -0.000783. The number of halogens is 1. The lowest BCUT2D eigenvalue weighted by Crippen LogP contribution is -2.15. The Morgan fingerprint density at radius 3 is 2.22 bits per heavy atom. The second-order valence-corrected chi connectivity index (χ2v) is 9.01. The summed E-state index contributed by atoms with van der Waals surface area (Å²) in [7, 11) is -7.47. The summed E-state index contributed by atoms with van der Waals surface area (Å²) in [6, 6.07) is 13.9. The standard InChI is InChI=1S/C15H16ClO5PS/c1-2-20-22(17,14-10-8-13(16)9-11-14)12-21-23(18,19)15-6-4-3-5-7-15/h3-11H,2,12H2,1H3. The van der Waals surface area contributed by atoms with Gasteiger partial charge >= 0.3 is 0 Å². The van der Waals surface area contributed by atoms with Gasteiger partial charge in [-0.2, -0.15) is 8.42 Å². The molecular weight excluding hydrogens is 359 g/mol. The van der Waals surface area contributed by atoms with Gasteiger partial charge in [0.2, 0.25) is 0 Å². The zero-order chi connectivity index (χ0) is 16.9. The Morgan fingerprint density at radius 2 is 1.65 bits per heavy atom. The molecule has 0 saturated carbocycles. The Labute approximate surface area is 140 Å². The van der Waals surface area contributed by atoms with E-state index in [2.05, 4.69) is 0 Å². The number of benzene rings is 2. The van der Waals surface area contributed by atoms with Crippen LogP contribution in [0.1, 0.15) is 6.92 Å². The first kappa shape index (κ1) is 18.2. The molecule has 0 aliphatic carbocycles. The molecule has 0 aliphatic rings. The van der Waals surface area contributed by atoms with Gasteiger partial charge in [-0.25, -0.2) is 0 Å². The van der Waals surface area contributed by atoms with E-state index in [1.807, 2.05) is 0 Å². The third-order valence-corrected chi connectivity index (χ3v) is 6.90. The summed E-state index contributed by atoms with van der Waals surface area (Å²) in [6.07, 6.45) is -0.570. The average Bonchev–Trinajstić information content (AvgIpc) is 2.55. The normalized spacial score (nSPS) is 14.3. The van der Waals surface area contributed by atoms with Crippen molar-refractivity contribution >= 4 is 34.4 Å². The zero-order valence-electron chi connectivity index (χ0n) is 12.4. The summed E-state index contributed by atoms with van der Waals surface area (Å²) in [6.45, 7) is 1.84. The van der Waals surface area contributed by atoms with Crippen molar-refractivity contribution < 1.29 is 21.7 Å². The largest absolute Gasteiger partial charge is 0.324 e. The monoisotopic (exact) mass is 374 g/mol. The maximum Gasteiger partial charge on any atom is 0.297 e. The van der Waals surface area contributed by atoms with Gasteiger partial charge in [-0.3, -0.25) is 8.75 Å². The quantitative estimate of drug-likeness (QED) is 0.546. The van der Waals surface area contributed by atoms with Crippen LogP contribution in [-0.2, 0) is 23.4 Å². The van der Waals surface area contributed by atoms with Crippen LogP contribution in [0.4, 0.5) is 0 Å². The molecule has 0 amide bonds. The van der Waals surface area contributed by atoms with Gasteiger partial charge in [0.1, 0.15) is 6.35 Å². The maximum atomic E-state index is 12.9. The fourth-order valence-corrected chi connectivity index (χ4v) is 5.11. The molecule has 1 atom stereocenters. The SMILES string of the molecule is CCOP(=O)(COS(=O)(=O)c1ccccc1)c1ccc(Cl)cc1. The Kier molecular flexibility index (Phi) is 6.00. The molecule has 2 rings (SSSR count). The minimum absolute atomic E-state index is 0.000783. The number of hydrogen-bond donors (Lipinski definition) is 0. The van der Waals surface area contributed by atoms with Crippen LogP contribution in [0.15, 0.2) is 59.5 Å². The van der Waals surface area contributed by atoms with E-state index >= 15 is 0 Å². The molecule has 0 saturated heterocycles. The number of hydrogen-bond acceptors (Lipinski definition) is 5. The summed E-state index contributed by atoms with van der Waals surface area (Å²) < 4.78 is 47.5. The molecule has 5 nitrogen and oxygen atoms in total. The predicted octanol–water partition coefficient (Wildman–Crippen LogP) is 3.64. The van der Waals surface area contributed by atoms with E-state index in [0.29, 0.717) is 10.3 Å². The molecule has 0 N–H and O–H groups in total. The van der Waals surface area contributed by atoms with Crippen LogP contribution < -0.4 is 5.30 Å². The summed E-state index contributed by atoms with van der Waals surface area (Å²) in [5.41, 5.74) is 0. The summed E-state index contributed by atoms with van der Waals surface area (Å²) >= 11 is 5.81. The van der Waals surface area contributed by atoms with E-state index in [9.17, 15) is 13.0 Å². The van der Waals surface area contributed by atoms with Crippen molar-refractivity contribution in [3.8, 4) is 0 Å². The van der Waals surface area contributed by atoms with Crippen molar-refractivity contribution in [2.45, 2.75) is 11.8 Å². The first-order valence-electron chi connectivity index (χ1n) is 6.81. The molecule has 1 unspecified atom stereocenters. The second-order valence-electron chi connectivity index (χ2n) is 4.58. The maximum absolute atomic E-state index is 12.9. The van der Waals surface area contributed by atoms with E-state index in [1.165, 1.54) is 24.3 Å². The molecule has 2 aromatic carbocycles. The van der Waals surface area contributed by atoms with E-state index in [1.54, 1.807) is 37.3 Å². The molecule has 0 heterocycles. The smallest absolute Gasteiger partial charge is 0.297 e. The minimum atomic E-state index is -4.01. The Balaban J connectivity index is 2.23. The topological polar surface area (TPSA) is 69.7 Å². The molecule has 0 aliphatic heterocycles. The Hall–Kier alpha value is -1.17. The average molecular weight is 375 g/mol. The first-order chi connectivity index (χ1) is 10.9. The molecule has 0 bridgehead atoms. The van der Waals surface area contributed by atoms with Gasteiger partial charge in [0.25, 0.3) is 17.5 Å². The van der Waals surface area contributed by atoms with E-state index < -0.39 is 23.8 Å². The third-order valence-electron chi connectivity index (χ3n) is 2.97. The lowest BCUT2D eigenvalue weighted by Gasteiger charge is -2.18. The third kappa shape index (κ3) is 4.66. The van der Waals surface area contributed by atoms with E-state index in [0.717, 1.165) is 0 Å². The van der Waals surface area contributed by atoms with Crippen LogP contribution in [0.2, 0.25) is 5.02 Å². The van der Waals surface area contributed by atoms with Crippen molar-refractivity contribution in [1.29, 1.82) is 0 Å². The van der Waals surface area contributed by atoms with Crippen LogP contribution >= 0.6 is 19.0 Å². The fourth-order valence-electron chi connectivity index (χ4n) is 1.86. The highest BCUT2D eigenvalue weighted by Gasteiger charge is 2.29. The van der Waals surface area contributed by atoms with Gasteiger partial charge in [0.05, 0.1) is 11.5 Å². The second kappa shape index (κ2) is 7.60. The van der Waals surface area contributed by atoms with Gasteiger partial charge in [-0.15, -0.1) is 0 Å². The first-order valence-corrected chi connectivity index (χ1v) is 10.4. The van der Waals surface area contributed by atoms with Crippen LogP contribution in [0, 0.1) is 0 Å². The fraction of sp³-hybridized carbons (Fsp3) is 0.200. The highest BCUT2D eigenvalue weighted by atomic mass is 35.5. The van der Waals surface area contributed by atoms with Crippen LogP contribution in [-0.4, -0.2) is 21.4 Å². The zero-order valence-corrected chi connectivity index (χ0v) is 14.9. The molecule has 0 radical (unpaired) electrons. The Bertz CT molecular complexity index is 790. The van der Waals surface area contributed by atoms with Gasteiger partial charge in [-0.05, 0) is 43.3 Å². The summed E-state index contributed by atoms with van der Waals surface area (Å²) in [5.74, 6) is 0. The van der Waals surface area contributed by atoms with Gasteiger partial charge in [-0.1, -0.05) is 29.8 Å². The molecule has 0 spiro atoms. The van der Waals surface area contributed by atoms with E-state index in [4.69, 9.17) is 20.3 Å². The van der Waals surface area contributed by atoms with Crippen molar-refractivity contribution in [2.24, 2.45) is 0 Å². The van der Waals surface area contributed by atoms with Crippen molar-refractivity contribution in [3.63, 3.8) is 0 Å². The minimum Gasteiger partial charge on any atom is -0.324 e. The van der Waals surface area contributed by atoms with Crippen molar-refractivity contribution in [1.82, 2.24) is 0 Å². The molecular formula is C15H16ClO5PS. The highest BCUT2D eigenvalue weighted by molar-refractivity contribution is 7.87. The molecule has 0 fully saturated rings. The van der Waals surface area contributed by atoms with E-state index in [-0.39, 0.29) is 11.5 Å². The van der Waals surface area contributed by atoms with Gasteiger partial charge in [0, 0.05) is 10.3 Å². The van der Waals surface area contributed by atoms with Crippen molar-refractivity contribution in [3.05, 3.63) is 59.6 Å². The predicted molar refractivity (Wildman–Crippen MR) is 89.9 cm³/mol. The molecule has 124 valence electrons. The molecule has 23 heavy (non-hydrogen) atoms. The van der Waals surface area contributed by atoms with Crippen LogP contribution in [0.5, 0.6) is 0 Å². The highest BCUT2D eigenvalue weighted by Crippen LogP contribution is 2.46. The van der Waals surface area contributed by atoms with Crippen LogP contribution in [0.3, 0.4) is 0 Å². The van der Waals surface area contributed by atoms with Crippen LogP contribution in [0.25, 0.3) is 0 Å². The van der Waals surface area contributed by atoms with Gasteiger partial charge < -0.3 is 4.52 Å². The van der Waals surface area contributed by atoms with Gasteiger partial charge in [0.15, 0.2) is 0 Å². The summed E-state index contributed by atoms with van der Waals surface area (Å²) in [5, 5.41) is 0.835. The lowest BCUT2D eigenvalue weighted by molar-refractivity contribution is 0.301. The lowest BCUT2D eigenvalue weighted by atomic mass is 10.4. The van der Waals surface area contributed by atoms with Crippen molar-refractivity contribution in [2.75, 3.05) is 13.0 Å². The number of rotatable bonds is 7. The molecule has 0 aromatic heterocycles. The molecule has 8 heteroatoms. The Morgan fingerprint density at radius 1 is 1.04 bits per heavy atom. The molecule has 2 aromatic rings.